The Bertz CT molecular complexity index is 911. The van der Waals surface area contributed by atoms with Crippen molar-refractivity contribution in [2.45, 2.75) is 30.1 Å². The van der Waals surface area contributed by atoms with E-state index in [0.717, 1.165) is 0 Å². The van der Waals surface area contributed by atoms with Crippen molar-refractivity contribution in [1.29, 1.82) is 0 Å². The van der Waals surface area contributed by atoms with Crippen molar-refractivity contribution in [2.24, 2.45) is 0 Å². The van der Waals surface area contributed by atoms with Crippen LogP contribution >= 0.6 is 15.9 Å². The van der Waals surface area contributed by atoms with Crippen LogP contribution in [0, 0.1) is 0 Å². The van der Waals surface area contributed by atoms with E-state index < -0.39 is 29.6 Å². The quantitative estimate of drug-likeness (QED) is 0.715. The summed E-state index contributed by atoms with van der Waals surface area (Å²) in [7, 11) is 0. The Balaban J connectivity index is 1.94. The third-order valence-electron chi connectivity index (χ3n) is 5.04. The van der Waals surface area contributed by atoms with Crippen molar-refractivity contribution in [1.82, 2.24) is 5.32 Å². The number of para-hydroxylation sites is 1. The van der Waals surface area contributed by atoms with Gasteiger partial charge in [-0.2, -0.15) is 13.2 Å². The van der Waals surface area contributed by atoms with Crippen LogP contribution in [-0.4, -0.2) is 24.4 Å². The molecule has 4 rings (SSSR count). The first-order chi connectivity index (χ1) is 12.3. The molecule has 2 aliphatic rings. The van der Waals surface area contributed by atoms with Gasteiger partial charge in [-0.15, -0.1) is 0 Å². The number of carbonyl (C=O) groups is 2. The first kappa shape index (κ1) is 17.3. The normalized spacial score (nSPS) is 27.6. The van der Waals surface area contributed by atoms with E-state index in [4.69, 9.17) is 4.42 Å². The van der Waals surface area contributed by atoms with E-state index >= 15 is 0 Å². The van der Waals surface area contributed by atoms with Crippen LogP contribution in [0.2, 0.25) is 0 Å². The molecule has 2 N–H and O–H groups in total. The molecule has 0 saturated carbocycles. The number of rotatable bonds is 2. The third-order valence-corrected chi connectivity index (χ3v) is 5.70. The predicted molar refractivity (Wildman–Crippen MR) is 88.9 cm³/mol. The lowest BCUT2D eigenvalue weighted by molar-refractivity contribution is -0.154. The lowest BCUT2D eigenvalue weighted by Crippen LogP contribution is -2.51. The molecule has 0 aliphatic carbocycles. The second-order valence-electron chi connectivity index (χ2n) is 6.31. The van der Waals surface area contributed by atoms with Gasteiger partial charge < -0.3 is 9.73 Å². The van der Waals surface area contributed by atoms with Gasteiger partial charge in [0.25, 0.3) is 0 Å². The molecule has 1 amide bonds. The fourth-order valence-electron chi connectivity index (χ4n) is 3.94. The van der Waals surface area contributed by atoms with Gasteiger partial charge in [-0.1, -0.05) is 12.1 Å². The second kappa shape index (κ2) is 5.68. The third kappa shape index (κ3) is 2.26. The Morgan fingerprint density at radius 3 is 2.77 bits per heavy atom. The van der Waals surface area contributed by atoms with Gasteiger partial charge in [0, 0.05) is 21.5 Å². The SMILES string of the molecule is O=Cc1occc1[C@H]1C[C@@H](C(F)(F)F)N[C@]12C(=O)Nc1c(Br)cccc12. The van der Waals surface area contributed by atoms with Crippen LogP contribution in [0.25, 0.3) is 0 Å². The van der Waals surface area contributed by atoms with E-state index in [1.54, 1.807) is 18.2 Å². The number of aldehydes is 1. The zero-order valence-electron chi connectivity index (χ0n) is 13.1. The van der Waals surface area contributed by atoms with E-state index in [9.17, 15) is 22.8 Å². The Morgan fingerprint density at radius 1 is 1.31 bits per heavy atom. The van der Waals surface area contributed by atoms with Crippen molar-refractivity contribution in [3.63, 3.8) is 0 Å². The van der Waals surface area contributed by atoms with E-state index in [-0.39, 0.29) is 17.7 Å². The molecule has 5 nitrogen and oxygen atoms in total. The fraction of sp³-hybridized carbons (Fsp3) is 0.294. The van der Waals surface area contributed by atoms with Crippen molar-refractivity contribution in [3.05, 3.63) is 51.9 Å². The number of fused-ring (bicyclic) bond motifs is 2. The van der Waals surface area contributed by atoms with Crippen LogP contribution in [-0.2, 0) is 10.3 Å². The summed E-state index contributed by atoms with van der Waals surface area (Å²) in [5.74, 6) is -1.58. The predicted octanol–water partition coefficient (Wildman–Crippen LogP) is 3.71. The van der Waals surface area contributed by atoms with Gasteiger partial charge in [-0.25, -0.2) is 0 Å². The monoisotopic (exact) mass is 428 g/mol. The molecule has 3 heterocycles. The molecule has 26 heavy (non-hydrogen) atoms. The van der Waals surface area contributed by atoms with Crippen LogP contribution in [0.15, 0.2) is 39.4 Å². The number of hydrogen-bond acceptors (Lipinski definition) is 4. The average molecular weight is 429 g/mol. The summed E-state index contributed by atoms with van der Waals surface area (Å²) in [6, 6.07) is 4.51. The standard InChI is InChI=1S/C17H12BrF3N2O3/c18-11-3-1-2-9-14(11)22-15(25)16(9)10(6-13(23-16)17(19,20)21)8-4-5-26-12(8)7-24/h1-5,7,10,13,23H,6H2,(H,22,25)/t10-,13+,16+/m1/s1. The highest BCUT2D eigenvalue weighted by Crippen LogP contribution is 2.55. The van der Waals surface area contributed by atoms with Gasteiger partial charge in [-0.05, 0) is 34.5 Å². The topological polar surface area (TPSA) is 71.3 Å². The van der Waals surface area contributed by atoms with Crippen LogP contribution < -0.4 is 10.6 Å². The molecule has 2 aliphatic heterocycles. The van der Waals surface area contributed by atoms with E-state index in [1.165, 1.54) is 12.3 Å². The molecule has 1 fully saturated rings. The molecule has 0 radical (unpaired) electrons. The van der Waals surface area contributed by atoms with E-state index in [0.29, 0.717) is 22.0 Å². The summed E-state index contributed by atoms with van der Waals surface area (Å²) in [6.07, 6.45) is -3.24. The van der Waals surface area contributed by atoms with Gasteiger partial charge in [-0.3, -0.25) is 14.9 Å². The summed E-state index contributed by atoms with van der Waals surface area (Å²) >= 11 is 3.32. The smallest absolute Gasteiger partial charge is 0.403 e. The Hall–Kier alpha value is -2.13. The minimum atomic E-state index is -4.54. The van der Waals surface area contributed by atoms with Crippen LogP contribution in [0.4, 0.5) is 18.9 Å². The molecule has 1 saturated heterocycles. The minimum Gasteiger partial charge on any atom is -0.461 e. The number of amides is 1. The summed E-state index contributed by atoms with van der Waals surface area (Å²) in [5.41, 5.74) is -0.524. The highest BCUT2D eigenvalue weighted by Gasteiger charge is 2.63. The number of alkyl halides is 3. The molecule has 1 aromatic heterocycles. The van der Waals surface area contributed by atoms with Crippen LogP contribution in [0.5, 0.6) is 0 Å². The van der Waals surface area contributed by atoms with Crippen molar-refractivity contribution >= 4 is 33.8 Å². The maximum atomic E-state index is 13.5. The molecule has 136 valence electrons. The van der Waals surface area contributed by atoms with Crippen LogP contribution in [0.3, 0.4) is 0 Å². The van der Waals surface area contributed by atoms with E-state index in [1.807, 2.05) is 0 Å². The molecule has 0 bridgehead atoms. The molecule has 2 aromatic rings. The largest absolute Gasteiger partial charge is 0.461 e. The second-order valence-corrected chi connectivity index (χ2v) is 7.16. The maximum Gasteiger partial charge on any atom is 0.403 e. The highest BCUT2D eigenvalue weighted by atomic mass is 79.9. The number of halogens is 4. The first-order valence-electron chi connectivity index (χ1n) is 7.76. The lowest BCUT2D eigenvalue weighted by atomic mass is 9.76. The van der Waals surface area contributed by atoms with Gasteiger partial charge in [0.2, 0.25) is 5.91 Å². The Kier molecular flexibility index (Phi) is 3.78. The molecule has 1 spiro atoms. The number of benzene rings is 1. The average Bonchev–Trinajstić information content (AvgIpc) is 3.26. The molecule has 9 heteroatoms. The summed E-state index contributed by atoms with van der Waals surface area (Å²) in [5, 5.41) is 5.18. The Morgan fingerprint density at radius 2 is 2.08 bits per heavy atom. The summed E-state index contributed by atoms with van der Waals surface area (Å²) in [6.45, 7) is 0. The number of furan rings is 1. The molecular weight excluding hydrogens is 417 g/mol. The first-order valence-corrected chi connectivity index (χ1v) is 8.55. The number of anilines is 1. The van der Waals surface area contributed by atoms with Crippen molar-refractivity contribution in [2.75, 3.05) is 5.32 Å². The van der Waals surface area contributed by atoms with E-state index in [2.05, 4.69) is 26.6 Å². The zero-order valence-corrected chi connectivity index (χ0v) is 14.6. The van der Waals surface area contributed by atoms with Gasteiger partial charge in [0.1, 0.15) is 11.6 Å². The van der Waals surface area contributed by atoms with Gasteiger partial charge in [0.15, 0.2) is 12.0 Å². The fourth-order valence-corrected chi connectivity index (χ4v) is 4.41. The van der Waals surface area contributed by atoms with Crippen molar-refractivity contribution in [3.8, 4) is 0 Å². The van der Waals surface area contributed by atoms with Gasteiger partial charge >= 0.3 is 6.18 Å². The zero-order chi connectivity index (χ0) is 18.7. The Labute approximate surface area is 154 Å². The van der Waals surface area contributed by atoms with Crippen LogP contribution in [0.1, 0.15) is 34.0 Å². The summed E-state index contributed by atoms with van der Waals surface area (Å²) < 4.78 is 46.1. The molecule has 0 unspecified atom stereocenters. The minimum absolute atomic E-state index is 0.0738. The van der Waals surface area contributed by atoms with Gasteiger partial charge in [0.05, 0.1) is 12.0 Å². The lowest BCUT2D eigenvalue weighted by Gasteiger charge is -2.30. The maximum absolute atomic E-state index is 13.5. The highest BCUT2D eigenvalue weighted by molar-refractivity contribution is 9.10. The molecular formula is C17H12BrF3N2O3. The number of hydrogen-bond donors (Lipinski definition) is 2. The number of carbonyl (C=O) groups excluding carboxylic acids is 2. The molecule has 1 aromatic carbocycles. The van der Waals surface area contributed by atoms with Crippen molar-refractivity contribution < 1.29 is 27.2 Å². The number of nitrogens with one attached hydrogen (secondary N) is 2. The molecule has 3 atom stereocenters. The summed E-state index contributed by atoms with van der Waals surface area (Å²) in [4.78, 5) is 24.2.